The fourth-order valence-corrected chi connectivity index (χ4v) is 3.18. The molecule has 2 heterocycles. The first-order valence-electron chi connectivity index (χ1n) is 8.68. The summed E-state index contributed by atoms with van der Waals surface area (Å²) in [5.74, 6) is -0.0661. The van der Waals surface area contributed by atoms with Gasteiger partial charge in [0.2, 0.25) is 5.88 Å². The zero-order valence-electron chi connectivity index (χ0n) is 13.9. The van der Waals surface area contributed by atoms with Crippen LogP contribution in [0.25, 0.3) is 0 Å². The van der Waals surface area contributed by atoms with Gasteiger partial charge in [-0.25, -0.2) is 9.78 Å². The molecule has 5 nitrogen and oxygen atoms in total. The lowest BCUT2D eigenvalue weighted by Gasteiger charge is -2.39. The second-order valence-electron chi connectivity index (χ2n) is 6.64. The Labute approximate surface area is 144 Å². The summed E-state index contributed by atoms with van der Waals surface area (Å²) < 4.78 is 43.4. The molecule has 2 amide bonds. The molecule has 1 saturated heterocycles. The fourth-order valence-electron chi connectivity index (χ4n) is 3.18. The van der Waals surface area contributed by atoms with E-state index in [9.17, 15) is 18.0 Å². The third kappa shape index (κ3) is 4.76. The van der Waals surface area contributed by atoms with Gasteiger partial charge in [-0.2, -0.15) is 13.2 Å². The molecular formula is C17H22F3N3O2. The molecule has 1 saturated carbocycles. The largest absolute Gasteiger partial charge is 0.471 e. The lowest BCUT2D eigenvalue weighted by molar-refractivity contribution is -0.141. The van der Waals surface area contributed by atoms with Crippen molar-refractivity contribution < 1.29 is 22.7 Å². The summed E-state index contributed by atoms with van der Waals surface area (Å²) in [6.07, 6.45) is 1.91. The summed E-state index contributed by atoms with van der Waals surface area (Å²) >= 11 is 0. The molecule has 138 valence electrons. The number of amides is 2. The Hall–Kier alpha value is -1.99. The normalized spacial score (nSPS) is 19.9. The van der Waals surface area contributed by atoms with Crippen LogP contribution in [0, 0.1) is 0 Å². The van der Waals surface area contributed by atoms with Crippen LogP contribution in [-0.4, -0.2) is 41.2 Å². The van der Waals surface area contributed by atoms with Crippen molar-refractivity contribution in [1.82, 2.24) is 15.2 Å². The molecule has 0 atom stereocenters. The standard InChI is InChI=1S/C17H22F3N3O2/c18-17(19,20)14-8-5-9-15(22-14)25-13-10-23(11-13)16(24)21-12-6-3-1-2-4-7-12/h5,8-9,12-13H,1-4,6-7,10-11H2,(H,21,24). The minimum absolute atomic E-state index is 0.0661. The van der Waals surface area contributed by atoms with Crippen molar-refractivity contribution in [1.29, 1.82) is 0 Å². The zero-order chi connectivity index (χ0) is 17.9. The molecule has 0 spiro atoms. The van der Waals surface area contributed by atoms with E-state index >= 15 is 0 Å². The molecule has 25 heavy (non-hydrogen) atoms. The topological polar surface area (TPSA) is 54.5 Å². The highest BCUT2D eigenvalue weighted by Gasteiger charge is 2.35. The molecule has 0 radical (unpaired) electrons. The Morgan fingerprint density at radius 1 is 1.16 bits per heavy atom. The Kier molecular flexibility index (Phi) is 5.34. The van der Waals surface area contributed by atoms with Crippen molar-refractivity contribution in [3.63, 3.8) is 0 Å². The van der Waals surface area contributed by atoms with Crippen molar-refractivity contribution >= 4 is 6.03 Å². The predicted octanol–water partition coefficient (Wildman–Crippen LogP) is 3.60. The number of urea groups is 1. The van der Waals surface area contributed by atoms with Crippen LogP contribution in [0.1, 0.15) is 44.2 Å². The van der Waals surface area contributed by atoms with Gasteiger partial charge in [0, 0.05) is 12.1 Å². The summed E-state index contributed by atoms with van der Waals surface area (Å²) in [6.45, 7) is 0.715. The monoisotopic (exact) mass is 357 g/mol. The maximum atomic E-state index is 12.6. The van der Waals surface area contributed by atoms with Gasteiger partial charge in [0.15, 0.2) is 0 Å². The van der Waals surface area contributed by atoms with Gasteiger partial charge in [-0.05, 0) is 18.9 Å². The Balaban J connectivity index is 1.45. The highest BCUT2D eigenvalue weighted by Crippen LogP contribution is 2.29. The summed E-state index contributed by atoms with van der Waals surface area (Å²) in [6, 6.07) is 3.66. The smallest absolute Gasteiger partial charge is 0.433 e. The third-order valence-corrected chi connectivity index (χ3v) is 4.62. The summed E-state index contributed by atoms with van der Waals surface area (Å²) in [4.78, 5) is 17.3. The molecule has 0 aromatic carbocycles. The molecule has 8 heteroatoms. The second-order valence-corrected chi connectivity index (χ2v) is 6.64. The summed E-state index contributed by atoms with van der Waals surface area (Å²) in [7, 11) is 0. The van der Waals surface area contributed by atoms with Gasteiger partial charge >= 0.3 is 12.2 Å². The number of hydrogen-bond acceptors (Lipinski definition) is 3. The number of nitrogens with one attached hydrogen (secondary N) is 1. The van der Waals surface area contributed by atoms with E-state index in [4.69, 9.17) is 4.74 Å². The first-order chi connectivity index (χ1) is 11.9. The maximum absolute atomic E-state index is 12.6. The average Bonchev–Trinajstić information content (AvgIpc) is 2.78. The number of nitrogens with zero attached hydrogens (tertiary/aromatic N) is 2. The van der Waals surface area contributed by atoms with Crippen LogP contribution >= 0.6 is 0 Å². The summed E-state index contributed by atoms with van der Waals surface area (Å²) in [5, 5.41) is 3.04. The van der Waals surface area contributed by atoms with E-state index in [0.717, 1.165) is 31.7 Å². The van der Waals surface area contributed by atoms with Crippen LogP contribution < -0.4 is 10.1 Å². The molecule has 2 fully saturated rings. The highest BCUT2D eigenvalue weighted by molar-refractivity contribution is 5.75. The van der Waals surface area contributed by atoms with Gasteiger partial charge in [-0.3, -0.25) is 0 Å². The van der Waals surface area contributed by atoms with Crippen LogP contribution in [0.3, 0.4) is 0 Å². The van der Waals surface area contributed by atoms with Gasteiger partial charge in [0.05, 0.1) is 13.1 Å². The lowest BCUT2D eigenvalue weighted by Crippen LogP contribution is -2.60. The van der Waals surface area contributed by atoms with Crippen LogP contribution in [0.4, 0.5) is 18.0 Å². The van der Waals surface area contributed by atoms with Crippen LogP contribution in [0.15, 0.2) is 18.2 Å². The number of pyridine rings is 1. The SMILES string of the molecule is O=C(NC1CCCCCC1)N1CC(Oc2cccc(C(F)(F)F)n2)C1. The molecule has 1 aromatic rings. The maximum Gasteiger partial charge on any atom is 0.433 e. The van der Waals surface area contributed by atoms with Gasteiger partial charge in [0.1, 0.15) is 11.8 Å². The molecule has 2 aliphatic rings. The minimum atomic E-state index is -4.50. The van der Waals surface area contributed by atoms with Gasteiger partial charge < -0.3 is 15.0 Å². The molecule has 1 aliphatic carbocycles. The van der Waals surface area contributed by atoms with Crippen LogP contribution in [0.5, 0.6) is 5.88 Å². The number of carbonyl (C=O) groups excluding carboxylic acids is 1. The van der Waals surface area contributed by atoms with Crippen molar-refractivity contribution in [2.24, 2.45) is 0 Å². The van der Waals surface area contributed by atoms with E-state index in [1.807, 2.05) is 0 Å². The van der Waals surface area contributed by atoms with E-state index in [0.29, 0.717) is 13.1 Å². The Bertz CT molecular complexity index is 595. The molecule has 1 aliphatic heterocycles. The number of halogens is 3. The Morgan fingerprint density at radius 3 is 2.48 bits per heavy atom. The first-order valence-corrected chi connectivity index (χ1v) is 8.68. The minimum Gasteiger partial charge on any atom is -0.471 e. The second kappa shape index (κ2) is 7.49. The van der Waals surface area contributed by atoms with E-state index in [2.05, 4.69) is 10.3 Å². The number of likely N-dealkylation sites (tertiary alicyclic amines) is 1. The highest BCUT2D eigenvalue weighted by atomic mass is 19.4. The lowest BCUT2D eigenvalue weighted by atomic mass is 10.1. The van der Waals surface area contributed by atoms with E-state index < -0.39 is 11.9 Å². The van der Waals surface area contributed by atoms with Gasteiger partial charge in [-0.1, -0.05) is 31.7 Å². The van der Waals surface area contributed by atoms with Crippen molar-refractivity contribution in [2.75, 3.05) is 13.1 Å². The molecule has 0 unspecified atom stereocenters. The predicted molar refractivity (Wildman–Crippen MR) is 85.2 cm³/mol. The van der Waals surface area contributed by atoms with E-state index in [-0.39, 0.29) is 24.1 Å². The third-order valence-electron chi connectivity index (χ3n) is 4.62. The number of carbonyl (C=O) groups is 1. The number of ether oxygens (including phenoxy) is 1. The molecule has 1 N–H and O–H groups in total. The molecule has 3 rings (SSSR count). The number of aromatic nitrogens is 1. The van der Waals surface area contributed by atoms with Gasteiger partial charge in [-0.15, -0.1) is 0 Å². The van der Waals surface area contributed by atoms with Crippen molar-refractivity contribution in [3.05, 3.63) is 23.9 Å². The zero-order valence-corrected chi connectivity index (χ0v) is 13.9. The number of rotatable bonds is 3. The van der Waals surface area contributed by atoms with Crippen LogP contribution in [-0.2, 0) is 6.18 Å². The molecule has 1 aromatic heterocycles. The average molecular weight is 357 g/mol. The number of alkyl halides is 3. The van der Waals surface area contributed by atoms with Crippen LogP contribution in [0.2, 0.25) is 0 Å². The van der Waals surface area contributed by atoms with Crippen molar-refractivity contribution in [3.8, 4) is 5.88 Å². The number of hydrogen-bond donors (Lipinski definition) is 1. The van der Waals surface area contributed by atoms with Crippen molar-refractivity contribution in [2.45, 2.75) is 56.8 Å². The molecule has 0 bridgehead atoms. The van der Waals surface area contributed by atoms with Gasteiger partial charge in [0.25, 0.3) is 0 Å². The fraction of sp³-hybridized carbons (Fsp3) is 0.647. The Morgan fingerprint density at radius 2 is 1.84 bits per heavy atom. The first kappa shape index (κ1) is 17.8. The van der Waals surface area contributed by atoms with E-state index in [1.165, 1.54) is 25.0 Å². The summed E-state index contributed by atoms with van der Waals surface area (Å²) in [5.41, 5.74) is -0.979. The van der Waals surface area contributed by atoms with E-state index in [1.54, 1.807) is 4.90 Å². The molecular weight excluding hydrogens is 335 g/mol. The quantitative estimate of drug-likeness (QED) is 0.841.